The first-order valence-electron chi connectivity index (χ1n) is 11.5. The second kappa shape index (κ2) is 10.4. The number of benzene rings is 2. The zero-order valence-electron chi connectivity index (χ0n) is 20.1. The molecule has 35 heavy (non-hydrogen) atoms. The number of nitrogens with zero attached hydrogens (tertiary/aromatic N) is 4. The van der Waals surface area contributed by atoms with Crippen molar-refractivity contribution in [1.82, 2.24) is 19.6 Å². The number of piperazine rings is 1. The van der Waals surface area contributed by atoms with Gasteiger partial charge in [-0.05, 0) is 50.6 Å². The van der Waals surface area contributed by atoms with E-state index in [-0.39, 0.29) is 22.4 Å². The first kappa shape index (κ1) is 24.7. The topological polar surface area (TPSA) is 58.4 Å². The van der Waals surface area contributed by atoms with Crippen molar-refractivity contribution in [1.29, 1.82) is 0 Å². The Morgan fingerprint density at radius 1 is 1.00 bits per heavy atom. The molecule has 0 aliphatic carbocycles. The van der Waals surface area contributed by atoms with Crippen LogP contribution in [0.5, 0.6) is 0 Å². The van der Waals surface area contributed by atoms with Gasteiger partial charge >= 0.3 is 0 Å². The maximum Gasteiger partial charge on any atom is 0.255 e. The largest absolute Gasteiger partial charge is 0.336 e. The Balaban J connectivity index is 1.37. The molecular formula is C27H28ClFN4O2. The molecule has 1 saturated heterocycles. The van der Waals surface area contributed by atoms with Crippen molar-refractivity contribution in [3.05, 3.63) is 93.0 Å². The van der Waals surface area contributed by atoms with E-state index in [9.17, 15) is 14.0 Å². The molecule has 4 rings (SSSR count). The molecule has 1 aliphatic heterocycles. The summed E-state index contributed by atoms with van der Waals surface area (Å²) in [5, 5.41) is 4.74. The van der Waals surface area contributed by atoms with Crippen molar-refractivity contribution >= 4 is 29.5 Å². The SMILES string of the molecule is Cc1ccc(Cn2nc(C)c(/C=C/C(=O)N3CCN(C(=O)c4ccc(F)cc4Cl)CC3)c2C)cc1. The van der Waals surface area contributed by atoms with Crippen LogP contribution < -0.4 is 0 Å². The van der Waals surface area contributed by atoms with Gasteiger partial charge in [-0.25, -0.2) is 4.39 Å². The lowest BCUT2D eigenvalue weighted by Crippen LogP contribution is -2.50. The van der Waals surface area contributed by atoms with Gasteiger partial charge in [-0.15, -0.1) is 0 Å². The van der Waals surface area contributed by atoms with E-state index in [4.69, 9.17) is 11.6 Å². The Morgan fingerprint density at radius 3 is 2.31 bits per heavy atom. The Hall–Kier alpha value is -3.45. The first-order valence-corrected chi connectivity index (χ1v) is 11.9. The number of aromatic nitrogens is 2. The number of hydrogen-bond donors (Lipinski definition) is 0. The minimum Gasteiger partial charge on any atom is -0.336 e. The highest BCUT2D eigenvalue weighted by Gasteiger charge is 2.25. The fraction of sp³-hybridized carbons (Fsp3) is 0.296. The number of carbonyl (C=O) groups excluding carboxylic acids is 2. The summed E-state index contributed by atoms with van der Waals surface area (Å²) >= 11 is 6.03. The molecule has 2 amide bonds. The van der Waals surface area contributed by atoms with E-state index in [1.165, 1.54) is 23.3 Å². The molecule has 1 aromatic heterocycles. The summed E-state index contributed by atoms with van der Waals surface area (Å²) < 4.78 is 15.2. The Bertz CT molecular complexity index is 1280. The van der Waals surface area contributed by atoms with Gasteiger partial charge in [0.05, 0.1) is 22.8 Å². The highest BCUT2D eigenvalue weighted by atomic mass is 35.5. The molecule has 0 radical (unpaired) electrons. The van der Waals surface area contributed by atoms with E-state index in [1.54, 1.807) is 15.9 Å². The van der Waals surface area contributed by atoms with Gasteiger partial charge in [0.25, 0.3) is 5.91 Å². The molecule has 2 heterocycles. The van der Waals surface area contributed by atoms with Crippen LogP contribution in [0.2, 0.25) is 5.02 Å². The first-order chi connectivity index (χ1) is 16.7. The number of aryl methyl sites for hydroxylation is 2. The maximum atomic E-state index is 13.3. The molecule has 2 aromatic carbocycles. The van der Waals surface area contributed by atoms with Crippen molar-refractivity contribution in [3.8, 4) is 0 Å². The Kier molecular flexibility index (Phi) is 7.36. The fourth-order valence-corrected chi connectivity index (χ4v) is 4.44. The van der Waals surface area contributed by atoms with Gasteiger partial charge < -0.3 is 9.80 Å². The van der Waals surface area contributed by atoms with E-state index in [2.05, 4.69) is 36.3 Å². The zero-order chi connectivity index (χ0) is 25.1. The van der Waals surface area contributed by atoms with Crippen molar-refractivity contribution in [3.63, 3.8) is 0 Å². The number of rotatable bonds is 5. The molecule has 8 heteroatoms. The standard InChI is InChI=1S/C27H28ClFN4O2/c1-18-4-6-21(7-5-18)17-33-20(3)23(19(2)30-33)10-11-26(34)31-12-14-32(15-13-31)27(35)24-9-8-22(29)16-25(24)28/h4-11,16H,12-15,17H2,1-3H3/b11-10+. The van der Waals surface area contributed by atoms with Gasteiger partial charge in [0.15, 0.2) is 0 Å². The number of hydrogen-bond acceptors (Lipinski definition) is 3. The molecule has 0 unspecified atom stereocenters. The van der Waals surface area contributed by atoms with Crippen LogP contribution in [0.15, 0.2) is 48.5 Å². The number of halogens is 2. The summed E-state index contributed by atoms with van der Waals surface area (Å²) in [4.78, 5) is 28.9. The molecular weight excluding hydrogens is 467 g/mol. The lowest BCUT2D eigenvalue weighted by molar-refractivity contribution is -0.127. The molecule has 6 nitrogen and oxygen atoms in total. The van der Waals surface area contributed by atoms with Gasteiger partial charge in [0, 0.05) is 43.5 Å². The van der Waals surface area contributed by atoms with Crippen LogP contribution in [0.4, 0.5) is 4.39 Å². The third kappa shape index (κ3) is 5.62. The van der Waals surface area contributed by atoms with Crippen LogP contribution in [0.1, 0.15) is 38.4 Å². The van der Waals surface area contributed by atoms with Crippen LogP contribution in [-0.2, 0) is 11.3 Å². The summed E-state index contributed by atoms with van der Waals surface area (Å²) in [6, 6.07) is 12.1. The molecule has 1 aliphatic rings. The smallest absolute Gasteiger partial charge is 0.255 e. The minimum absolute atomic E-state index is 0.0881. The predicted molar refractivity (Wildman–Crippen MR) is 135 cm³/mol. The molecule has 0 atom stereocenters. The summed E-state index contributed by atoms with van der Waals surface area (Å²) in [7, 11) is 0. The molecule has 0 bridgehead atoms. The maximum absolute atomic E-state index is 13.3. The van der Waals surface area contributed by atoms with Crippen LogP contribution in [0.25, 0.3) is 6.08 Å². The lowest BCUT2D eigenvalue weighted by Gasteiger charge is -2.34. The van der Waals surface area contributed by atoms with Crippen LogP contribution in [0, 0.1) is 26.6 Å². The Morgan fingerprint density at radius 2 is 1.66 bits per heavy atom. The summed E-state index contributed by atoms with van der Waals surface area (Å²) in [5.74, 6) is -0.855. The second-order valence-corrected chi connectivity index (χ2v) is 9.21. The van der Waals surface area contributed by atoms with Crippen LogP contribution >= 0.6 is 11.6 Å². The van der Waals surface area contributed by atoms with Gasteiger partial charge in [-0.2, -0.15) is 5.10 Å². The summed E-state index contributed by atoms with van der Waals surface area (Å²) in [6.45, 7) is 8.28. The van der Waals surface area contributed by atoms with E-state index in [1.807, 2.05) is 24.6 Å². The van der Waals surface area contributed by atoms with Gasteiger partial charge in [-0.3, -0.25) is 14.3 Å². The summed E-state index contributed by atoms with van der Waals surface area (Å²) in [5.41, 5.74) is 5.45. The average Bonchev–Trinajstić information content (AvgIpc) is 3.10. The van der Waals surface area contributed by atoms with Gasteiger partial charge in [-0.1, -0.05) is 41.4 Å². The quantitative estimate of drug-likeness (QED) is 0.485. The molecule has 1 fully saturated rings. The zero-order valence-corrected chi connectivity index (χ0v) is 20.8. The van der Waals surface area contributed by atoms with Crippen LogP contribution in [0.3, 0.4) is 0 Å². The van der Waals surface area contributed by atoms with Crippen molar-refractivity contribution in [2.45, 2.75) is 27.3 Å². The number of amides is 2. The second-order valence-electron chi connectivity index (χ2n) is 8.80. The normalized spacial score (nSPS) is 14.1. The highest BCUT2D eigenvalue weighted by molar-refractivity contribution is 6.33. The lowest BCUT2D eigenvalue weighted by atomic mass is 10.1. The fourth-order valence-electron chi connectivity index (χ4n) is 4.20. The van der Waals surface area contributed by atoms with Gasteiger partial charge in [0.2, 0.25) is 5.91 Å². The monoisotopic (exact) mass is 494 g/mol. The Labute approximate surface area is 209 Å². The third-order valence-corrected chi connectivity index (χ3v) is 6.64. The van der Waals surface area contributed by atoms with E-state index >= 15 is 0 Å². The van der Waals surface area contributed by atoms with Crippen molar-refractivity contribution in [2.24, 2.45) is 0 Å². The van der Waals surface area contributed by atoms with Crippen LogP contribution in [-0.4, -0.2) is 57.6 Å². The third-order valence-electron chi connectivity index (χ3n) is 6.32. The summed E-state index contributed by atoms with van der Waals surface area (Å²) in [6.07, 6.45) is 3.39. The molecule has 0 spiro atoms. The molecule has 0 saturated carbocycles. The molecule has 0 N–H and O–H groups in total. The average molecular weight is 495 g/mol. The van der Waals surface area contributed by atoms with Gasteiger partial charge in [0.1, 0.15) is 5.82 Å². The molecule has 182 valence electrons. The van der Waals surface area contributed by atoms with Crippen molar-refractivity contribution < 1.29 is 14.0 Å². The van der Waals surface area contributed by atoms with Crippen molar-refractivity contribution in [2.75, 3.05) is 26.2 Å². The van der Waals surface area contributed by atoms with E-state index in [0.29, 0.717) is 32.7 Å². The number of carbonyl (C=O) groups is 2. The van der Waals surface area contributed by atoms with E-state index in [0.717, 1.165) is 23.0 Å². The van der Waals surface area contributed by atoms with E-state index < -0.39 is 5.82 Å². The predicted octanol–water partition coefficient (Wildman–Crippen LogP) is 4.65. The minimum atomic E-state index is -0.486. The molecule has 3 aromatic rings. The highest BCUT2D eigenvalue weighted by Crippen LogP contribution is 2.21.